The molecule has 1 atom stereocenters. The Labute approximate surface area is 297 Å². The van der Waals surface area contributed by atoms with Gasteiger partial charge < -0.3 is 29.6 Å². The summed E-state index contributed by atoms with van der Waals surface area (Å²) in [6, 6.07) is 6.07. The molecule has 0 spiro atoms. The summed E-state index contributed by atoms with van der Waals surface area (Å²) in [6.07, 6.45) is 1.85. The number of carbonyl (C=O) groups is 6. The van der Waals surface area contributed by atoms with Crippen LogP contribution in [0, 0.1) is 27.7 Å². The Morgan fingerprint density at radius 2 is 1.13 bits per heavy atom. The molecule has 0 saturated carbocycles. The summed E-state index contributed by atoms with van der Waals surface area (Å²) in [5.74, 6) is -1.73. The summed E-state index contributed by atoms with van der Waals surface area (Å²) in [5, 5.41) is 5.02. The maximum absolute atomic E-state index is 11.8. The smallest absolute Gasteiger partial charge is 0.354 e. The van der Waals surface area contributed by atoms with Crippen molar-refractivity contribution < 1.29 is 89.8 Å². The maximum atomic E-state index is 11.8. The van der Waals surface area contributed by atoms with Gasteiger partial charge in [-0.15, -0.1) is 0 Å². The minimum atomic E-state index is -0.750. The van der Waals surface area contributed by atoms with Crippen LogP contribution in [0.2, 0.25) is 0 Å². The number of hydrogen-bond donors (Lipinski definition) is 2. The molecule has 2 aromatic carbocycles. The molecule has 0 aliphatic carbocycles. The molecular formula is C32H40N2O10W2. The molecule has 0 fully saturated rings. The van der Waals surface area contributed by atoms with Gasteiger partial charge in [0.05, 0.1) is 14.2 Å². The molecule has 0 bridgehead atoms. The molecule has 2 amide bonds. The largest absolute Gasteiger partial charge is 0.467 e. The van der Waals surface area contributed by atoms with Crippen LogP contribution < -0.4 is 20.1 Å². The Morgan fingerprint density at radius 1 is 0.696 bits per heavy atom. The van der Waals surface area contributed by atoms with Crippen LogP contribution in [0.1, 0.15) is 61.1 Å². The normalized spacial score (nSPS) is 10.7. The van der Waals surface area contributed by atoms with Gasteiger partial charge in [-0.3, -0.25) is 19.2 Å². The number of hydrogen-bond acceptors (Lipinski definition) is 10. The van der Waals surface area contributed by atoms with Crippen LogP contribution >= 0.6 is 0 Å². The van der Waals surface area contributed by atoms with Gasteiger partial charge in [-0.25, -0.2) is 9.59 Å². The minimum absolute atomic E-state index is 0. The van der Waals surface area contributed by atoms with E-state index in [-0.39, 0.29) is 59.6 Å². The first kappa shape index (κ1) is 44.5. The molecule has 46 heavy (non-hydrogen) atoms. The number of esters is 4. The molecule has 0 radical (unpaired) electrons. The van der Waals surface area contributed by atoms with E-state index < -0.39 is 29.9 Å². The molecule has 2 N–H and O–H groups in total. The third kappa shape index (κ3) is 15.1. The zero-order valence-corrected chi connectivity index (χ0v) is 33.4. The summed E-state index contributed by atoms with van der Waals surface area (Å²) in [6.45, 7) is 12.7. The molecule has 0 saturated heterocycles. The van der Waals surface area contributed by atoms with E-state index in [1.54, 1.807) is 24.3 Å². The summed E-state index contributed by atoms with van der Waals surface area (Å²) in [5.41, 5.74) is 5.02. The van der Waals surface area contributed by atoms with Gasteiger partial charge in [0.15, 0.2) is 0 Å². The second kappa shape index (κ2) is 21.2. The van der Waals surface area contributed by atoms with Gasteiger partial charge in [0.25, 0.3) is 0 Å². The standard InChI is InChI=1S/C16H21NO5.C16H19NO5.2W/c2*1-9-6-13(22-12(4)19)7-10(2)14(9)8-15(16(20)21-5)17-11(3)18;;/h6-7,15H,8H2,1-5H3,(H,17,18);6-8H,1-5H3,(H,17,18);;/b;15-8+;;/t15-;;;/m0.../s1. The van der Waals surface area contributed by atoms with E-state index in [1.807, 2.05) is 27.7 Å². The molecule has 0 aliphatic heterocycles. The van der Waals surface area contributed by atoms with Crippen LogP contribution in [0.3, 0.4) is 0 Å². The van der Waals surface area contributed by atoms with E-state index in [2.05, 4.69) is 15.4 Å². The zero-order valence-electron chi connectivity index (χ0n) is 27.6. The molecule has 2 aromatic rings. The van der Waals surface area contributed by atoms with Gasteiger partial charge in [0.1, 0.15) is 23.2 Å². The average molecular weight is 980 g/mol. The number of aryl methyl sites for hydroxylation is 4. The predicted molar refractivity (Wildman–Crippen MR) is 162 cm³/mol. The maximum Gasteiger partial charge on any atom is 0.354 e. The second-order valence-corrected chi connectivity index (χ2v) is 9.90. The number of amides is 2. The van der Waals surface area contributed by atoms with Crippen molar-refractivity contribution >= 4 is 41.8 Å². The Hall–Kier alpha value is -3.62. The van der Waals surface area contributed by atoms with Gasteiger partial charge in [0, 0.05) is 76.2 Å². The Kier molecular flexibility index (Phi) is 20.5. The Bertz CT molecular complexity index is 1420. The molecule has 12 nitrogen and oxygen atoms in total. The molecule has 0 heterocycles. The number of nitrogens with one attached hydrogen (secondary N) is 2. The van der Waals surface area contributed by atoms with E-state index >= 15 is 0 Å². The fourth-order valence-electron chi connectivity index (χ4n) is 4.26. The Balaban J connectivity index is 0. The van der Waals surface area contributed by atoms with Gasteiger partial charge in [-0.05, 0) is 91.4 Å². The van der Waals surface area contributed by atoms with Gasteiger partial charge in [-0.2, -0.15) is 0 Å². The fourth-order valence-corrected chi connectivity index (χ4v) is 4.26. The average Bonchev–Trinajstić information content (AvgIpc) is 2.89. The summed E-state index contributed by atoms with van der Waals surface area (Å²) < 4.78 is 19.5. The predicted octanol–water partition coefficient (Wildman–Crippen LogP) is 3.32. The fraction of sp³-hybridized carbons (Fsp3) is 0.375. The van der Waals surface area contributed by atoms with Crippen molar-refractivity contribution in [2.45, 2.75) is 67.9 Å². The third-order valence-electron chi connectivity index (χ3n) is 6.04. The number of methoxy groups -OCH3 is 2. The third-order valence-corrected chi connectivity index (χ3v) is 6.04. The van der Waals surface area contributed by atoms with Crippen LogP contribution in [0.4, 0.5) is 0 Å². The van der Waals surface area contributed by atoms with Crippen molar-refractivity contribution in [2.75, 3.05) is 14.2 Å². The van der Waals surface area contributed by atoms with Crippen molar-refractivity contribution in [1.29, 1.82) is 0 Å². The summed E-state index contributed by atoms with van der Waals surface area (Å²) in [7, 11) is 2.52. The molecular weight excluding hydrogens is 940 g/mol. The second-order valence-electron chi connectivity index (χ2n) is 9.90. The molecule has 2 rings (SSSR count). The van der Waals surface area contributed by atoms with E-state index in [4.69, 9.17) is 14.2 Å². The molecule has 14 heteroatoms. The molecule has 0 unspecified atom stereocenters. The van der Waals surface area contributed by atoms with Crippen molar-refractivity contribution in [1.82, 2.24) is 10.6 Å². The topological polar surface area (TPSA) is 163 Å². The number of benzene rings is 2. The first-order chi connectivity index (χ1) is 20.5. The minimum Gasteiger partial charge on any atom is -0.467 e. The van der Waals surface area contributed by atoms with E-state index in [0.717, 1.165) is 33.4 Å². The van der Waals surface area contributed by atoms with Crippen LogP contribution in [-0.4, -0.2) is 56.0 Å². The first-order valence-electron chi connectivity index (χ1n) is 13.5. The number of ether oxygens (including phenoxy) is 4. The zero-order chi connectivity index (χ0) is 33.7. The number of rotatable bonds is 9. The van der Waals surface area contributed by atoms with Crippen molar-refractivity contribution in [2.24, 2.45) is 0 Å². The van der Waals surface area contributed by atoms with Gasteiger partial charge in [0.2, 0.25) is 11.8 Å². The van der Waals surface area contributed by atoms with Crippen molar-refractivity contribution in [3.63, 3.8) is 0 Å². The molecule has 0 aliphatic rings. The SMILES string of the molecule is COC(=O)/C(=C\c1c(C)cc(OC(C)=O)cc1C)NC(C)=O.COC(=O)[C@H](Cc1c(C)cc(OC(C)=O)cc1C)NC(C)=O.[W].[W]. The van der Waals surface area contributed by atoms with Crippen LogP contribution in [0.5, 0.6) is 11.5 Å². The summed E-state index contributed by atoms with van der Waals surface area (Å²) in [4.78, 5) is 67.9. The van der Waals surface area contributed by atoms with Crippen molar-refractivity contribution in [3.05, 3.63) is 63.3 Å². The first-order valence-corrected chi connectivity index (χ1v) is 13.5. The van der Waals surface area contributed by atoms with E-state index in [0.29, 0.717) is 17.9 Å². The molecule has 0 aromatic heterocycles. The van der Waals surface area contributed by atoms with Crippen LogP contribution in [0.15, 0.2) is 30.0 Å². The Morgan fingerprint density at radius 3 is 1.48 bits per heavy atom. The van der Waals surface area contributed by atoms with Crippen molar-refractivity contribution in [3.8, 4) is 11.5 Å². The quantitative estimate of drug-likeness (QED) is 0.217. The monoisotopic (exact) mass is 980 g/mol. The van der Waals surface area contributed by atoms with E-state index in [1.165, 1.54) is 48.0 Å². The summed E-state index contributed by atoms with van der Waals surface area (Å²) >= 11 is 0. The van der Waals surface area contributed by atoms with Crippen LogP contribution in [-0.2, 0) is 86.8 Å². The van der Waals surface area contributed by atoms with Crippen LogP contribution in [0.25, 0.3) is 6.08 Å². The van der Waals surface area contributed by atoms with E-state index in [9.17, 15) is 28.8 Å². The molecule has 250 valence electrons. The number of carbonyl (C=O) groups excluding carboxylic acids is 6. The van der Waals surface area contributed by atoms with Gasteiger partial charge in [-0.1, -0.05) is 0 Å². The van der Waals surface area contributed by atoms with Gasteiger partial charge >= 0.3 is 23.9 Å².